The minimum atomic E-state index is -0.293. The molecule has 0 aromatic heterocycles. The van der Waals surface area contributed by atoms with E-state index in [9.17, 15) is 9.59 Å². The second-order valence-electron chi connectivity index (χ2n) is 9.27. The highest BCUT2D eigenvalue weighted by molar-refractivity contribution is 6.43. The van der Waals surface area contributed by atoms with Gasteiger partial charge in [-0.1, -0.05) is 35.3 Å². The van der Waals surface area contributed by atoms with Gasteiger partial charge in [0.15, 0.2) is 0 Å². The van der Waals surface area contributed by atoms with Gasteiger partial charge in [0.2, 0.25) is 5.91 Å². The van der Waals surface area contributed by atoms with Crippen LogP contribution in [0.1, 0.15) is 31.7 Å². The molecule has 0 spiro atoms. The summed E-state index contributed by atoms with van der Waals surface area (Å²) in [4.78, 5) is 32.9. The molecule has 9 heteroatoms. The topological polar surface area (TPSA) is 56.3 Å². The van der Waals surface area contributed by atoms with Gasteiger partial charge >= 0.3 is 6.03 Å². The Balaban J connectivity index is 1.23. The third-order valence-corrected chi connectivity index (χ3v) is 7.74. The zero-order valence-electron chi connectivity index (χ0n) is 21.0. The second-order valence-corrected chi connectivity index (χ2v) is 10.1. The molecule has 36 heavy (non-hydrogen) atoms. The molecule has 2 heterocycles. The summed E-state index contributed by atoms with van der Waals surface area (Å²) in [5.41, 5.74) is 2.65. The van der Waals surface area contributed by atoms with Crippen molar-refractivity contribution in [1.29, 1.82) is 0 Å². The Morgan fingerprint density at radius 1 is 1.03 bits per heavy atom. The maximum Gasteiger partial charge on any atom is 0.331 e. The van der Waals surface area contributed by atoms with Crippen LogP contribution in [-0.2, 0) is 11.2 Å². The van der Waals surface area contributed by atoms with Crippen LogP contribution < -0.4 is 14.5 Å². The first-order valence-electron chi connectivity index (χ1n) is 12.6. The van der Waals surface area contributed by atoms with E-state index >= 15 is 0 Å². The Bertz CT molecular complexity index is 1090. The van der Waals surface area contributed by atoms with Crippen LogP contribution in [-0.4, -0.2) is 74.7 Å². The van der Waals surface area contributed by atoms with Crippen LogP contribution in [0.25, 0.3) is 0 Å². The first-order valence-corrected chi connectivity index (χ1v) is 13.4. The number of halogens is 2. The number of fused-ring (bicyclic) bond motifs is 1. The number of imide groups is 1. The number of urea groups is 1. The SMILES string of the molecule is CCN(C)C(=O)N1C(=O)CCc2ccc(OCCCCN3CCN(c4cccc(Cl)c4Cl)CC3)cc21. The molecule has 0 saturated carbocycles. The van der Waals surface area contributed by atoms with Crippen LogP contribution in [0.5, 0.6) is 5.75 Å². The molecule has 0 aliphatic carbocycles. The average molecular weight is 534 g/mol. The molecule has 0 atom stereocenters. The first kappa shape index (κ1) is 26.6. The predicted molar refractivity (Wildman–Crippen MR) is 146 cm³/mol. The number of piperazine rings is 1. The van der Waals surface area contributed by atoms with E-state index in [1.807, 2.05) is 43.3 Å². The number of anilines is 2. The van der Waals surface area contributed by atoms with Gasteiger partial charge in [-0.15, -0.1) is 0 Å². The molecule has 7 nitrogen and oxygen atoms in total. The molecule has 0 radical (unpaired) electrons. The van der Waals surface area contributed by atoms with Gasteiger partial charge in [0.25, 0.3) is 0 Å². The monoisotopic (exact) mass is 532 g/mol. The second kappa shape index (κ2) is 12.2. The normalized spacial score (nSPS) is 16.2. The van der Waals surface area contributed by atoms with E-state index in [-0.39, 0.29) is 11.9 Å². The van der Waals surface area contributed by atoms with Gasteiger partial charge in [0.1, 0.15) is 5.75 Å². The van der Waals surface area contributed by atoms with Gasteiger partial charge in [-0.05, 0) is 56.5 Å². The van der Waals surface area contributed by atoms with E-state index in [1.165, 1.54) is 4.90 Å². The summed E-state index contributed by atoms with van der Waals surface area (Å²) >= 11 is 12.6. The zero-order valence-corrected chi connectivity index (χ0v) is 22.5. The third-order valence-electron chi connectivity index (χ3n) is 6.93. The van der Waals surface area contributed by atoms with Crippen LogP contribution in [0.15, 0.2) is 36.4 Å². The van der Waals surface area contributed by atoms with E-state index in [4.69, 9.17) is 27.9 Å². The Labute approximate surface area is 223 Å². The van der Waals surface area contributed by atoms with Crippen molar-refractivity contribution in [3.8, 4) is 5.75 Å². The zero-order chi connectivity index (χ0) is 25.7. The van der Waals surface area contributed by atoms with E-state index in [2.05, 4.69) is 9.80 Å². The molecule has 0 bridgehead atoms. The number of unbranched alkanes of at least 4 members (excludes halogenated alkanes) is 1. The van der Waals surface area contributed by atoms with Gasteiger partial charge < -0.3 is 14.5 Å². The quantitative estimate of drug-likeness (QED) is 0.430. The molecule has 194 valence electrons. The summed E-state index contributed by atoms with van der Waals surface area (Å²) in [6.45, 7) is 7.86. The molecule has 3 amide bonds. The number of carbonyl (C=O) groups excluding carboxylic acids is 2. The van der Waals surface area contributed by atoms with Crippen LogP contribution in [0.3, 0.4) is 0 Å². The van der Waals surface area contributed by atoms with Crippen molar-refractivity contribution in [2.24, 2.45) is 0 Å². The van der Waals surface area contributed by atoms with E-state index in [0.717, 1.165) is 56.8 Å². The highest BCUT2D eigenvalue weighted by Crippen LogP contribution is 2.34. The number of carbonyl (C=O) groups is 2. The number of aryl methyl sites for hydroxylation is 1. The fourth-order valence-electron chi connectivity index (χ4n) is 4.63. The predicted octanol–water partition coefficient (Wildman–Crippen LogP) is 5.33. The molecular weight excluding hydrogens is 499 g/mol. The third kappa shape index (κ3) is 6.07. The number of benzene rings is 2. The molecule has 4 rings (SSSR count). The molecule has 1 saturated heterocycles. The number of hydrogen-bond acceptors (Lipinski definition) is 5. The highest BCUT2D eigenvalue weighted by Gasteiger charge is 2.31. The van der Waals surface area contributed by atoms with E-state index in [1.54, 1.807) is 11.9 Å². The minimum Gasteiger partial charge on any atom is -0.494 e. The molecule has 2 aromatic carbocycles. The van der Waals surface area contributed by atoms with Crippen molar-refractivity contribution in [2.45, 2.75) is 32.6 Å². The minimum absolute atomic E-state index is 0.164. The summed E-state index contributed by atoms with van der Waals surface area (Å²) in [7, 11) is 1.70. The summed E-state index contributed by atoms with van der Waals surface area (Å²) in [6, 6.07) is 11.2. The lowest BCUT2D eigenvalue weighted by Gasteiger charge is -2.36. The van der Waals surface area contributed by atoms with Crippen LogP contribution in [0.2, 0.25) is 10.0 Å². The number of rotatable bonds is 8. The summed E-state index contributed by atoms with van der Waals surface area (Å²) in [5.74, 6) is 0.523. The van der Waals surface area contributed by atoms with Crippen molar-refractivity contribution >= 4 is 46.5 Å². The van der Waals surface area contributed by atoms with Crippen LogP contribution in [0.4, 0.5) is 16.2 Å². The summed E-state index contributed by atoms with van der Waals surface area (Å²) < 4.78 is 5.99. The van der Waals surface area contributed by atoms with E-state index < -0.39 is 0 Å². The first-order chi connectivity index (χ1) is 17.4. The maximum atomic E-state index is 12.8. The molecular formula is C27H34Cl2N4O3. The van der Waals surface area contributed by atoms with Gasteiger partial charge in [-0.25, -0.2) is 9.69 Å². The number of amides is 3. The van der Waals surface area contributed by atoms with Crippen LogP contribution in [0, 0.1) is 0 Å². The van der Waals surface area contributed by atoms with Crippen molar-refractivity contribution in [3.05, 3.63) is 52.0 Å². The Hall–Kier alpha value is -2.48. The maximum absolute atomic E-state index is 12.8. The average Bonchev–Trinajstić information content (AvgIpc) is 2.89. The molecule has 0 N–H and O–H groups in total. The smallest absolute Gasteiger partial charge is 0.331 e. The molecule has 2 aliphatic rings. The Kier molecular flexibility index (Phi) is 8.99. The van der Waals surface area contributed by atoms with Gasteiger partial charge in [-0.3, -0.25) is 9.69 Å². The fourth-order valence-corrected chi connectivity index (χ4v) is 5.05. The summed E-state index contributed by atoms with van der Waals surface area (Å²) in [5, 5.41) is 1.22. The summed E-state index contributed by atoms with van der Waals surface area (Å²) in [6.07, 6.45) is 2.95. The molecule has 0 unspecified atom stereocenters. The highest BCUT2D eigenvalue weighted by atomic mass is 35.5. The lowest BCUT2D eigenvalue weighted by atomic mass is 10.0. The Morgan fingerprint density at radius 3 is 2.56 bits per heavy atom. The fraction of sp³-hybridized carbons (Fsp3) is 0.481. The van der Waals surface area contributed by atoms with E-state index in [0.29, 0.717) is 47.5 Å². The standard InChI is InChI=1S/C27H34Cl2N4O3/c1-3-30(2)27(35)33-24-19-21(11-9-20(24)10-12-25(33)34)36-18-5-4-13-31-14-16-32(17-15-31)23-8-6-7-22(28)26(23)29/h6-9,11,19H,3-5,10,12-18H2,1-2H3. The van der Waals surface area contributed by atoms with Crippen molar-refractivity contribution in [2.75, 3.05) is 62.7 Å². The lowest BCUT2D eigenvalue weighted by Crippen LogP contribution is -2.47. The number of hydrogen-bond donors (Lipinski definition) is 0. The molecule has 1 fully saturated rings. The van der Waals surface area contributed by atoms with Crippen LogP contribution >= 0.6 is 23.2 Å². The van der Waals surface area contributed by atoms with Crippen molar-refractivity contribution < 1.29 is 14.3 Å². The molecule has 2 aliphatic heterocycles. The molecule has 2 aromatic rings. The van der Waals surface area contributed by atoms with Gasteiger partial charge in [0.05, 0.1) is 28.0 Å². The Morgan fingerprint density at radius 2 is 1.81 bits per heavy atom. The lowest BCUT2D eigenvalue weighted by molar-refractivity contribution is -0.118. The number of nitrogens with zero attached hydrogens (tertiary/aromatic N) is 4. The van der Waals surface area contributed by atoms with Gasteiger partial charge in [0, 0.05) is 52.3 Å². The van der Waals surface area contributed by atoms with Crippen molar-refractivity contribution in [1.82, 2.24) is 9.80 Å². The van der Waals surface area contributed by atoms with Gasteiger partial charge in [-0.2, -0.15) is 0 Å². The van der Waals surface area contributed by atoms with Crippen molar-refractivity contribution in [3.63, 3.8) is 0 Å². The number of ether oxygens (including phenoxy) is 1. The largest absolute Gasteiger partial charge is 0.494 e.